The summed E-state index contributed by atoms with van der Waals surface area (Å²) >= 11 is 0. The first-order valence-electron chi connectivity index (χ1n) is 8.61. The molecule has 0 aliphatic carbocycles. The predicted octanol–water partition coefficient (Wildman–Crippen LogP) is 5.64. The lowest BCUT2D eigenvalue weighted by Gasteiger charge is -2.21. The van der Waals surface area contributed by atoms with E-state index in [0.29, 0.717) is 0 Å². The van der Waals surface area contributed by atoms with Crippen molar-refractivity contribution in [3.63, 3.8) is 0 Å². The molecule has 0 radical (unpaired) electrons. The van der Waals surface area contributed by atoms with Gasteiger partial charge in [-0.05, 0) is 45.0 Å². The van der Waals surface area contributed by atoms with Gasteiger partial charge in [-0.2, -0.15) is 0 Å². The van der Waals surface area contributed by atoms with Crippen LogP contribution >= 0.6 is 0 Å². The number of carbonyl (C=O) groups is 1. The summed E-state index contributed by atoms with van der Waals surface area (Å²) in [5.74, 6) is 0. The van der Waals surface area contributed by atoms with Gasteiger partial charge < -0.3 is 4.74 Å². The summed E-state index contributed by atoms with van der Waals surface area (Å²) in [6.07, 6.45) is 1.42. The van der Waals surface area contributed by atoms with Gasteiger partial charge in [0.05, 0.1) is 16.7 Å². The van der Waals surface area contributed by atoms with Gasteiger partial charge in [-0.3, -0.25) is 4.98 Å². The van der Waals surface area contributed by atoms with Crippen LogP contribution < -0.4 is 0 Å². The summed E-state index contributed by atoms with van der Waals surface area (Å²) in [6, 6.07) is 19.8. The average Bonchev–Trinajstić information content (AvgIpc) is 2.99. The lowest BCUT2D eigenvalue weighted by atomic mass is 10.1. The van der Waals surface area contributed by atoms with E-state index < -0.39 is 5.60 Å². The molecule has 2 aromatic carbocycles. The number of hydrogen-bond donors (Lipinski definition) is 0. The quantitative estimate of drug-likeness (QED) is 0.449. The predicted molar refractivity (Wildman–Crippen MR) is 104 cm³/mol. The molecule has 0 fully saturated rings. The van der Waals surface area contributed by atoms with Crippen LogP contribution in [0, 0.1) is 0 Å². The first-order chi connectivity index (χ1) is 12.4. The molecule has 2 aromatic heterocycles. The van der Waals surface area contributed by atoms with E-state index in [1.165, 1.54) is 0 Å². The van der Waals surface area contributed by atoms with E-state index in [4.69, 9.17) is 4.74 Å². The molecule has 4 nitrogen and oxygen atoms in total. The van der Waals surface area contributed by atoms with Gasteiger partial charge in [0.25, 0.3) is 0 Å². The summed E-state index contributed by atoms with van der Waals surface area (Å²) in [4.78, 5) is 17.5. The molecule has 26 heavy (non-hydrogen) atoms. The molecule has 0 aliphatic heterocycles. The standard InChI is InChI=1S/C22H20N2O2/c1-22(2,3)26-21(25)24-19-11-7-5-9-16(19)13-20(24)17-12-15-8-4-6-10-18(15)23-14-17/h4-14H,1-3H3. The molecule has 2 heterocycles. The number of carbonyl (C=O) groups excluding carboxylic acids is 1. The van der Waals surface area contributed by atoms with Crippen LogP contribution in [-0.2, 0) is 4.74 Å². The smallest absolute Gasteiger partial charge is 0.419 e. The summed E-state index contributed by atoms with van der Waals surface area (Å²) in [6.45, 7) is 5.61. The van der Waals surface area contributed by atoms with Gasteiger partial charge in [0.1, 0.15) is 5.60 Å². The first kappa shape index (κ1) is 16.3. The van der Waals surface area contributed by atoms with Gasteiger partial charge in [0, 0.05) is 22.5 Å². The molecule has 0 N–H and O–H groups in total. The number of pyridine rings is 1. The van der Waals surface area contributed by atoms with E-state index in [9.17, 15) is 4.79 Å². The third-order valence-corrected chi connectivity index (χ3v) is 4.17. The Hall–Kier alpha value is -3.14. The molecule has 4 aromatic rings. The number of hydrogen-bond acceptors (Lipinski definition) is 3. The number of rotatable bonds is 1. The van der Waals surface area contributed by atoms with Crippen LogP contribution in [-0.4, -0.2) is 21.2 Å². The van der Waals surface area contributed by atoms with Gasteiger partial charge in [0.15, 0.2) is 0 Å². The van der Waals surface area contributed by atoms with Crippen molar-refractivity contribution in [2.75, 3.05) is 0 Å². The van der Waals surface area contributed by atoms with Crippen molar-refractivity contribution in [1.29, 1.82) is 0 Å². The molecule has 0 amide bonds. The molecule has 130 valence electrons. The van der Waals surface area contributed by atoms with Gasteiger partial charge in [-0.1, -0.05) is 36.4 Å². The van der Waals surface area contributed by atoms with Gasteiger partial charge >= 0.3 is 6.09 Å². The monoisotopic (exact) mass is 344 g/mol. The van der Waals surface area contributed by atoms with Gasteiger partial charge in [0.2, 0.25) is 0 Å². The Kier molecular flexibility index (Phi) is 3.76. The van der Waals surface area contributed by atoms with Crippen molar-refractivity contribution >= 4 is 27.9 Å². The molecule has 4 heteroatoms. The van der Waals surface area contributed by atoms with Crippen molar-refractivity contribution < 1.29 is 9.53 Å². The Labute approximate surface area is 152 Å². The van der Waals surface area contributed by atoms with Crippen LogP contribution in [0.3, 0.4) is 0 Å². The zero-order chi connectivity index (χ0) is 18.3. The lowest BCUT2D eigenvalue weighted by Crippen LogP contribution is -2.27. The Balaban J connectivity index is 1.93. The Morgan fingerprint density at radius 2 is 1.65 bits per heavy atom. The second-order valence-electron chi connectivity index (χ2n) is 7.32. The third-order valence-electron chi connectivity index (χ3n) is 4.17. The zero-order valence-electron chi connectivity index (χ0n) is 15.1. The summed E-state index contributed by atoms with van der Waals surface area (Å²) in [5.41, 5.74) is 2.84. The lowest BCUT2D eigenvalue weighted by molar-refractivity contribution is 0.0547. The number of benzene rings is 2. The molecular weight excluding hydrogens is 324 g/mol. The highest BCUT2D eigenvalue weighted by molar-refractivity contribution is 5.97. The van der Waals surface area contributed by atoms with E-state index in [2.05, 4.69) is 11.1 Å². The molecule has 0 unspecified atom stereocenters. The molecule has 0 saturated heterocycles. The maximum atomic E-state index is 12.9. The fraction of sp³-hybridized carbons (Fsp3) is 0.182. The zero-order valence-corrected chi connectivity index (χ0v) is 15.1. The summed E-state index contributed by atoms with van der Waals surface area (Å²) in [5, 5.41) is 2.02. The van der Waals surface area contributed by atoms with Crippen LogP contribution in [0.2, 0.25) is 0 Å². The minimum atomic E-state index is -0.568. The molecule has 0 atom stereocenters. The first-order valence-corrected chi connectivity index (χ1v) is 8.61. The minimum absolute atomic E-state index is 0.387. The molecule has 4 rings (SSSR count). The minimum Gasteiger partial charge on any atom is -0.443 e. The fourth-order valence-corrected chi connectivity index (χ4v) is 3.08. The van der Waals surface area contributed by atoms with Crippen molar-refractivity contribution in [3.8, 4) is 11.3 Å². The van der Waals surface area contributed by atoms with Crippen molar-refractivity contribution in [1.82, 2.24) is 9.55 Å². The van der Waals surface area contributed by atoms with Crippen LogP contribution in [0.25, 0.3) is 33.1 Å². The normalized spacial score (nSPS) is 11.8. The maximum absolute atomic E-state index is 12.9. The van der Waals surface area contributed by atoms with Gasteiger partial charge in [-0.25, -0.2) is 9.36 Å². The van der Waals surface area contributed by atoms with Crippen LogP contribution in [0.15, 0.2) is 66.9 Å². The van der Waals surface area contributed by atoms with Crippen molar-refractivity contribution in [2.45, 2.75) is 26.4 Å². The van der Waals surface area contributed by atoms with Crippen molar-refractivity contribution in [2.24, 2.45) is 0 Å². The Morgan fingerprint density at radius 3 is 2.42 bits per heavy atom. The highest BCUT2D eigenvalue weighted by Gasteiger charge is 2.22. The fourth-order valence-electron chi connectivity index (χ4n) is 3.08. The van der Waals surface area contributed by atoms with Gasteiger partial charge in [-0.15, -0.1) is 0 Å². The largest absolute Gasteiger partial charge is 0.443 e. The Bertz CT molecular complexity index is 1120. The van der Waals surface area contributed by atoms with Crippen LogP contribution in [0.4, 0.5) is 4.79 Å². The molecule has 0 aliphatic rings. The highest BCUT2D eigenvalue weighted by Crippen LogP contribution is 2.30. The van der Waals surface area contributed by atoms with E-state index in [1.54, 1.807) is 10.8 Å². The van der Waals surface area contributed by atoms with E-state index >= 15 is 0 Å². The van der Waals surface area contributed by atoms with E-state index in [0.717, 1.165) is 33.1 Å². The topological polar surface area (TPSA) is 44.1 Å². The van der Waals surface area contributed by atoms with Crippen LogP contribution in [0.1, 0.15) is 20.8 Å². The Morgan fingerprint density at radius 1 is 0.962 bits per heavy atom. The number of ether oxygens (including phenoxy) is 1. The molecular formula is C22H20N2O2. The molecule has 0 spiro atoms. The number of nitrogens with zero attached hydrogens (tertiary/aromatic N) is 2. The third kappa shape index (κ3) is 2.94. The number of fused-ring (bicyclic) bond motifs is 2. The number of para-hydroxylation sites is 2. The second-order valence-corrected chi connectivity index (χ2v) is 7.32. The van der Waals surface area contributed by atoms with Crippen LogP contribution in [0.5, 0.6) is 0 Å². The summed E-state index contributed by atoms with van der Waals surface area (Å²) in [7, 11) is 0. The average molecular weight is 344 g/mol. The number of aromatic nitrogens is 2. The summed E-state index contributed by atoms with van der Waals surface area (Å²) < 4.78 is 7.27. The second kappa shape index (κ2) is 5.99. The van der Waals surface area contributed by atoms with E-state index in [-0.39, 0.29) is 6.09 Å². The maximum Gasteiger partial charge on any atom is 0.419 e. The molecule has 0 bridgehead atoms. The SMILES string of the molecule is CC(C)(C)OC(=O)n1c(-c2cnc3ccccc3c2)cc2ccccc21. The van der Waals surface area contributed by atoms with E-state index in [1.807, 2.05) is 75.4 Å². The highest BCUT2D eigenvalue weighted by atomic mass is 16.6. The molecule has 0 saturated carbocycles. The van der Waals surface area contributed by atoms with Crippen molar-refractivity contribution in [3.05, 3.63) is 66.9 Å².